The molecule has 2 aromatic heterocycles. The number of pyridine rings is 1. The molecule has 0 aliphatic heterocycles. The van der Waals surface area contributed by atoms with Crippen molar-refractivity contribution >= 4 is 23.2 Å². The van der Waals surface area contributed by atoms with E-state index in [0.29, 0.717) is 0 Å². The smallest absolute Gasteiger partial charge is 0.139 e. The summed E-state index contributed by atoms with van der Waals surface area (Å²) in [4.78, 5) is 9.34. The lowest BCUT2D eigenvalue weighted by molar-refractivity contribution is 1.000. The SMILES string of the molecule is Cc1ccc(-n2c(/C=C/c3ccccc3)nc3ccccc32)nc1. The largest absolute Gasteiger partial charge is 0.277 e. The van der Waals surface area contributed by atoms with E-state index in [2.05, 4.69) is 39.9 Å². The third-order valence-electron chi connectivity index (χ3n) is 3.94. The van der Waals surface area contributed by atoms with Gasteiger partial charge in [-0.2, -0.15) is 0 Å². The van der Waals surface area contributed by atoms with Crippen molar-refractivity contribution in [3.05, 3.63) is 89.9 Å². The summed E-state index contributed by atoms with van der Waals surface area (Å²) in [6, 6.07) is 22.5. The Bertz CT molecular complexity index is 996. The first kappa shape index (κ1) is 14.4. The molecule has 116 valence electrons. The molecule has 0 saturated carbocycles. The summed E-state index contributed by atoms with van der Waals surface area (Å²) in [5.74, 6) is 1.75. The monoisotopic (exact) mass is 311 g/mol. The number of imidazole rings is 1. The highest BCUT2D eigenvalue weighted by atomic mass is 15.1. The minimum atomic E-state index is 0.872. The lowest BCUT2D eigenvalue weighted by Gasteiger charge is -2.06. The molecule has 3 heteroatoms. The summed E-state index contributed by atoms with van der Waals surface area (Å²) in [6.45, 7) is 2.04. The van der Waals surface area contributed by atoms with Gasteiger partial charge < -0.3 is 0 Å². The third-order valence-corrected chi connectivity index (χ3v) is 3.94. The first-order chi connectivity index (χ1) is 11.8. The van der Waals surface area contributed by atoms with E-state index in [-0.39, 0.29) is 0 Å². The number of benzene rings is 2. The second-order valence-electron chi connectivity index (χ2n) is 5.73. The molecule has 0 aliphatic carbocycles. The number of rotatable bonds is 3. The topological polar surface area (TPSA) is 30.7 Å². The fraction of sp³-hybridized carbons (Fsp3) is 0.0476. The lowest BCUT2D eigenvalue weighted by atomic mass is 10.2. The minimum Gasteiger partial charge on any atom is -0.277 e. The molecule has 0 N–H and O–H groups in total. The van der Waals surface area contributed by atoms with Gasteiger partial charge in [-0.25, -0.2) is 9.97 Å². The van der Waals surface area contributed by atoms with Gasteiger partial charge in [0.15, 0.2) is 0 Å². The van der Waals surface area contributed by atoms with Crippen LogP contribution in [-0.2, 0) is 0 Å². The molecule has 0 unspecified atom stereocenters. The third kappa shape index (κ3) is 2.72. The van der Waals surface area contributed by atoms with Crippen LogP contribution in [0.15, 0.2) is 72.9 Å². The van der Waals surface area contributed by atoms with Crippen LogP contribution < -0.4 is 0 Å². The average Bonchev–Trinajstić information content (AvgIpc) is 3.00. The van der Waals surface area contributed by atoms with E-state index in [9.17, 15) is 0 Å². The Labute approximate surface area is 140 Å². The Morgan fingerprint density at radius 3 is 2.42 bits per heavy atom. The van der Waals surface area contributed by atoms with Gasteiger partial charge in [-0.15, -0.1) is 0 Å². The van der Waals surface area contributed by atoms with Crippen molar-refractivity contribution in [1.29, 1.82) is 0 Å². The van der Waals surface area contributed by atoms with E-state index in [1.807, 2.05) is 61.7 Å². The molecular weight excluding hydrogens is 294 g/mol. The van der Waals surface area contributed by atoms with E-state index in [4.69, 9.17) is 4.98 Å². The number of aryl methyl sites for hydroxylation is 1. The van der Waals surface area contributed by atoms with E-state index in [1.165, 1.54) is 0 Å². The fourth-order valence-corrected chi connectivity index (χ4v) is 2.72. The summed E-state index contributed by atoms with van der Waals surface area (Å²) < 4.78 is 2.09. The Hall–Kier alpha value is -3.20. The van der Waals surface area contributed by atoms with Crippen LogP contribution in [0.4, 0.5) is 0 Å². The molecule has 4 aromatic rings. The second-order valence-corrected chi connectivity index (χ2v) is 5.73. The van der Waals surface area contributed by atoms with Crippen LogP contribution in [0.25, 0.3) is 29.0 Å². The number of para-hydroxylation sites is 2. The number of nitrogens with zero attached hydrogens (tertiary/aromatic N) is 3. The molecule has 2 aromatic carbocycles. The van der Waals surface area contributed by atoms with Crippen molar-refractivity contribution in [3.63, 3.8) is 0 Å². The maximum absolute atomic E-state index is 4.76. The number of hydrogen-bond donors (Lipinski definition) is 0. The summed E-state index contributed by atoms with van der Waals surface area (Å²) in [5.41, 5.74) is 4.31. The number of hydrogen-bond acceptors (Lipinski definition) is 2. The molecule has 0 radical (unpaired) electrons. The molecule has 3 nitrogen and oxygen atoms in total. The van der Waals surface area contributed by atoms with Crippen LogP contribution in [0.1, 0.15) is 17.0 Å². The molecule has 0 saturated heterocycles. The quantitative estimate of drug-likeness (QED) is 0.539. The summed E-state index contributed by atoms with van der Waals surface area (Å²) in [6.07, 6.45) is 6.00. The summed E-state index contributed by atoms with van der Waals surface area (Å²) in [5, 5.41) is 0. The zero-order valence-electron chi connectivity index (χ0n) is 13.4. The van der Waals surface area contributed by atoms with Gasteiger partial charge >= 0.3 is 0 Å². The van der Waals surface area contributed by atoms with Gasteiger partial charge in [0.2, 0.25) is 0 Å². The van der Waals surface area contributed by atoms with E-state index in [1.54, 1.807) is 0 Å². The molecule has 0 amide bonds. The minimum absolute atomic E-state index is 0.872. The Kier molecular flexibility index (Phi) is 3.67. The van der Waals surface area contributed by atoms with Crippen LogP contribution >= 0.6 is 0 Å². The first-order valence-electron chi connectivity index (χ1n) is 7.95. The van der Waals surface area contributed by atoms with Gasteiger partial charge in [0.1, 0.15) is 11.6 Å². The van der Waals surface area contributed by atoms with Crippen molar-refractivity contribution < 1.29 is 0 Å². The van der Waals surface area contributed by atoms with Gasteiger partial charge in [-0.3, -0.25) is 4.57 Å². The fourth-order valence-electron chi connectivity index (χ4n) is 2.72. The number of fused-ring (bicyclic) bond motifs is 1. The molecule has 0 fully saturated rings. The predicted octanol–water partition coefficient (Wildman–Crippen LogP) is 4.90. The maximum Gasteiger partial charge on any atom is 0.139 e. The van der Waals surface area contributed by atoms with Crippen molar-refractivity contribution in [2.45, 2.75) is 6.92 Å². The Morgan fingerprint density at radius 1 is 0.833 bits per heavy atom. The second kappa shape index (κ2) is 6.13. The van der Waals surface area contributed by atoms with Gasteiger partial charge in [0.25, 0.3) is 0 Å². The van der Waals surface area contributed by atoms with Crippen LogP contribution in [0.5, 0.6) is 0 Å². The van der Waals surface area contributed by atoms with E-state index < -0.39 is 0 Å². The van der Waals surface area contributed by atoms with Gasteiger partial charge in [-0.05, 0) is 42.3 Å². The van der Waals surface area contributed by atoms with Crippen molar-refractivity contribution in [2.24, 2.45) is 0 Å². The van der Waals surface area contributed by atoms with Gasteiger partial charge in [-0.1, -0.05) is 54.6 Å². The molecule has 0 aliphatic rings. The highest BCUT2D eigenvalue weighted by Crippen LogP contribution is 2.22. The summed E-state index contributed by atoms with van der Waals surface area (Å²) >= 11 is 0. The zero-order chi connectivity index (χ0) is 16.4. The molecular formula is C21H17N3. The van der Waals surface area contributed by atoms with Crippen LogP contribution in [-0.4, -0.2) is 14.5 Å². The lowest BCUT2D eigenvalue weighted by Crippen LogP contribution is -1.99. The molecule has 0 bridgehead atoms. The molecule has 4 rings (SSSR count). The average molecular weight is 311 g/mol. The van der Waals surface area contributed by atoms with Crippen molar-refractivity contribution in [2.75, 3.05) is 0 Å². The van der Waals surface area contributed by atoms with Crippen LogP contribution in [0.2, 0.25) is 0 Å². The predicted molar refractivity (Wildman–Crippen MR) is 99.0 cm³/mol. The molecule has 0 spiro atoms. The Balaban J connectivity index is 1.87. The van der Waals surface area contributed by atoms with Crippen LogP contribution in [0, 0.1) is 6.92 Å². The maximum atomic E-state index is 4.76. The highest BCUT2D eigenvalue weighted by molar-refractivity contribution is 5.81. The van der Waals surface area contributed by atoms with Gasteiger partial charge in [0.05, 0.1) is 11.0 Å². The molecule has 24 heavy (non-hydrogen) atoms. The molecule has 2 heterocycles. The van der Waals surface area contributed by atoms with Crippen molar-refractivity contribution in [1.82, 2.24) is 14.5 Å². The first-order valence-corrected chi connectivity index (χ1v) is 7.95. The van der Waals surface area contributed by atoms with E-state index >= 15 is 0 Å². The Morgan fingerprint density at radius 2 is 1.62 bits per heavy atom. The van der Waals surface area contributed by atoms with Gasteiger partial charge in [0, 0.05) is 6.20 Å². The van der Waals surface area contributed by atoms with E-state index in [0.717, 1.165) is 33.8 Å². The normalized spacial score (nSPS) is 11.4. The zero-order valence-corrected chi connectivity index (χ0v) is 13.4. The standard InChI is InChI=1S/C21H17N3/c1-16-11-13-20(22-15-16)24-19-10-6-5-9-18(19)23-21(24)14-12-17-7-3-2-4-8-17/h2-15H,1H3/b14-12+. The molecule has 0 atom stereocenters. The summed E-state index contributed by atoms with van der Waals surface area (Å²) in [7, 11) is 0. The highest BCUT2D eigenvalue weighted by Gasteiger charge is 2.10. The number of aromatic nitrogens is 3. The van der Waals surface area contributed by atoms with Crippen molar-refractivity contribution in [3.8, 4) is 5.82 Å². The van der Waals surface area contributed by atoms with Crippen LogP contribution in [0.3, 0.4) is 0 Å².